The van der Waals surface area contributed by atoms with Crippen LogP contribution < -0.4 is 0 Å². The summed E-state index contributed by atoms with van der Waals surface area (Å²) < 4.78 is 2.17. The van der Waals surface area contributed by atoms with Gasteiger partial charge in [0.1, 0.15) is 0 Å². The molecule has 0 saturated carbocycles. The highest BCUT2D eigenvalue weighted by Crippen LogP contribution is 2.47. The van der Waals surface area contributed by atoms with Crippen molar-refractivity contribution in [1.29, 1.82) is 0 Å². The van der Waals surface area contributed by atoms with Gasteiger partial charge in [-0.05, 0) is 68.8 Å². The molecule has 0 nitrogen and oxygen atoms in total. The fourth-order valence-corrected chi connectivity index (χ4v) is 8.37. The van der Waals surface area contributed by atoms with Gasteiger partial charge in [-0.15, -0.1) is 0 Å². The molecule has 0 N–H and O–H groups in total. The van der Waals surface area contributed by atoms with Crippen LogP contribution in [0.3, 0.4) is 0 Å². The van der Waals surface area contributed by atoms with E-state index in [1.807, 2.05) is 0 Å². The Balaban J connectivity index is 0.000000162. The molecular formula is C50H38Br2. The Morgan fingerprint density at radius 3 is 0.596 bits per heavy atom. The molecule has 0 saturated heterocycles. The van der Waals surface area contributed by atoms with Crippen LogP contribution >= 0.6 is 31.9 Å². The molecule has 0 amide bonds. The lowest BCUT2D eigenvalue weighted by Crippen LogP contribution is -2.30. The first kappa shape index (κ1) is 35.1. The van der Waals surface area contributed by atoms with Gasteiger partial charge in [0, 0.05) is 8.95 Å². The zero-order chi connectivity index (χ0) is 35.6. The zero-order valence-corrected chi connectivity index (χ0v) is 31.9. The molecule has 252 valence electrons. The van der Waals surface area contributed by atoms with Crippen molar-refractivity contribution in [3.8, 4) is 0 Å². The molecule has 0 atom stereocenters. The first-order valence-corrected chi connectivity index (χ1v) is 19.1. The number of rotatable bonds is 8. The van der Waals surface area contributed by atoms with Crippen molar-refractivity contribution in [2.24, 2.45) is 0 Å². The lowest BCUT2D eigenvalue weighted by atomic mass is 9.65. The fraction of sp³-hybridized carbons (Fsp3) is 0.0400. The van der Waals surface area contributed by atoms with Gasteiger partial charge in [-0.25, -0.2) is 0 Å². The zero-order valence-electron chi connectivity index (χ0n) is 28.7. The molecule has 0 spiro atoms. The van der Waals surface area contributed by atoms with Crippen molar-refractivity contribution < 1.29 is 0 Å². The topological polar surface area (TPSA) is 0 Å². The van der Waals surface area contributed by atoms with Gasteiger partial charge >= 0.3 is 0 Å². The average Bonchev–Trinajstić information content (AvgIpc) is 3.21. The quantitative estimate of drug-likeness (QED) is 0.134. The van der Waals surface area contributed by atoms with E-state index < -0.39 is 0 Å². The molecule has 2 heteroatoms. The molecule has 8 aromatic rings. The van der Waals surface area contributed by atoms with Crippen LogP contribution in [-0.4, -0.2) is 0 Å². The van der Waals surface area contributed by atoms with E-state index in [2.05, 4.69) is 262 Å². The summed E-state index contributed by atoms with van der Waals surface area (Å²) in [5.41, 5.74) is 9.31. The highest BCUT2D eigenvalue weighted by molar-refractivity contribution is 9.10. The molecule has 8 aromatic carbocycles. The second-order valence-corrected chi connectivity index (χ2v) is 14.5. The molecule has 0 aliphatic carbocycles. The van der Waals surface area contributed by atoms with Crippen molar-refractivity contribution in [2.75, 3.05) is 0 Å². The van der Waals surface area contributed by atoms with Crippen LogP contribution in [-0.2, 0) is 10.8 Å². The van der Waals surface area contributed by atoms with Crippen molar-refractivity contribution >= 4 is 31.9 Å². The summed E-state index contributed by atoms with van der Waals surface area (Å²) in [5.74, 6) is 0. The predicted octanol–water partition coefficient (Wildman–Crippen LogP) is 13.7. The van der Waals surface area contributed by atoms with Crippen LogP contribution in [0.2, 0.25) is 0 Å². The third kappa shape index (κ3) is 6.97. The molecule has 52 heavy (non-hydrogen) atoms. The molecule has 8 rings (SSSR count). The van der Waals surface area contributed by atoms with E-state index in [0.29, 0.717) is 0 Å². The maximum atomic E-state index is 3.67. The summed E-state index contributed by atoms with van der Waals surface area (Å²) in [4.78, 5) is 0. The third-order valence-corrected chi connectivity index (χ3v) is 10.7. The van der Waals surface area contributed by atoms with Crippen LogP contribution in [0.5, 0.6) is 0 Å². The molecule has 0 aliphatic rings. The van der Waals surface area contributed by atoms with E-state index in [9.17, 15) is 0 Å². The van der Waals surface area contributed by atoms with Gasteiger partial charge in [-0.3, -0.25) is 0 Å². The second kappa shape index (κ2) is 16.4. The molecule has 0 unspecified atom stereocenters. The lowest BCUT2D eigenvalue weighted by Gasteiger charge is -2.37. The Morgan fingerprint density at radius 2 is 0.404 bits per heavy atom. The maximum Gasteiger partial charge on any atom is 0.0701 e. The minimum atomic E-state index is -0.367. The monoisotopic (exact) mass is 796 g/mol. The predicted molar refractivity (Wildman–Crippen MR) is 225 cm³/mol. The molecule has 0 heterocycles. The smallest absolute Gasteiger partial charge is 0.0622 e. The molecular weight excluding hydrogens is 760 g/mol. The van der Waals surface area contributed by atoms with E-state index in [-0.39, 0.29) is 10.8 Å². The van der Waals surface area contributed by atoms with E-state index in [0.717, 1.165) is 8.95 Å². The Hall–Kier alpha value is -5.28. The minimum absolute atomic E-state index is 0.367. The van der Waals surface area contributed by atoms with Gasteiger partial charge < -0.3 is 0 Å². The van der Waals surface area contributed by atoms with Crippen molar-refractivity contribution in [3.05, 3.63) is 284 Å². The molecule has 0 aliphatic heterocycles. The lowest BCUT2D eigenvalue weighted by molar-refractivity contribution is 0.744. The molecule has 0 bridgehead atoms. The first-order chi connectivity index (χ1) is 25.6. The summed E-state index contributed by atoms with van der Waals surface area (Å²) in [6.45, 7) is 0. The number of hydrogen-bond acceptors (Lipinski definition) is 0. The number of hydrogen-bond donors (Lipinski definition) is 0. The summed E-state index contributed by atoms with van der Waals surface area (Å²) in [6.07, 6.45) is 0. The highest BCUT2D eigenvalue weighted by Gasteiger charge is 2.39. The summed E-state index contributed by atoms with van der Waals surface area (Å²) >= 11 is 7.34. The summed E-state index contributed by atoms with van der Waals surface area (Å²) in [7, 11) is 0. The average molecular weight is 799 g/mol. The van der Waals surface area contributed by atoms with Crippen molar-refractivity contribution in [1.82, 2.24) is 0 Å². The SMILES string of the molecule is Brc1cccc(C(c2ccccc2)(c2ccccc2)c2ccccc2)c1.Brc1cccc(C(c2ccccc2)(c2ccccc2)c2ccccc2)c1. The maximum absolute atomic E-state index is 3.67. The molecule has 0 aromatic heterocycles. The summed E-state index contributed by atoms with van der Waals surface area (Å²) in [5, 5.41) is 0. The van der Waals surface area contributed by atoms with Crippen LogP contribution in [0.25, 0.3) is 0 Å². The third-order valence-electron chi connectivity index (χ3n) is 9.76. The van der Waals surface area contributed by atoms with E-state index in [4.69, 9.17) is 0 Å². The molecule has 0 radical (unpaired) electrons. The minimum Gasteiger partial charge on any atom is -0.0622 e. The van der Waals surface area contributed by atoms with Crippen LogP contribution in [0.15, 0.2) is 239 Å². The fourth-order valence-electron chi connectivity index (χ4n) is 7.57. The molecule has 0 fully saturated rings. The summed E-state index contributed by atoms with van der Waals surface area (Å²) in [6, 6.07) is 81.8. The normalized spacial score (nSPS) is 11.3. The Kier molecular flexibility index (Phi) is 11.1. The van der Waals surface area contributed by atoms with E-state index in [1.165, 1.54) is 44.5 Å². The van der Waals surface area contributed by atoms with Gasteiger partial charge in [0.25, 0.3) is 0 Å². The second-order valence-electron chi connectivity index (χ2n) is 12.7. The van der Waals surface area contributed by atoms with Gasteiger partial charge in [-0.2, -0.15) is 0 Å². The largest absolute Gasteiger partial charge is 0.0701 e. The number of benzene rings is 8. The van der Waals surface area contributed by atoms with Crippen molar-refractivity contribution in [2.45, 2.75) is 10.8 Å². The van der Waals surface area contributed by atoms with Crippen LogP contribution in [0, 0.1) is 0 Å². The van der Waals surface area contributed by atoms with Gasteiger partial charge in [-0.1, -0.05) is 238 Å². The standard InChI is InChI=1S/2C25H19Br/c2*26-24-18-10-17-23(19-24)25(20-11-4-1-5-12-20,21-13-6-2-7-14-21)22-15-8-3-9-16-22/h2*1-19H. The van der Waals surface area contributed by atoms with E-state index in [1.54, 1.807) is 0 Å². The first-order valence-electron chi connectivity index (χ1n) is 17.5. The van der Waals surface area contributed by atoms with Gasteiger partial charge in [0.2, 0.25) is 0 Å². The van der Waals surface area contributed by atoms with Gasteiger partial charge in [0.05, 0.1) is 10.8 Å². The van der Waals surface area contributed by atoms with Crippen LogP contribution in [0.4, 0.5) is 0 Å². The highest BCUT2D eigenvalue weighted by atomic mass is 79.9. The van der Waals surface area contributed by atoms with Gasteiger partial charge in [0.15, 0.2) is 0 Å². The number of halogens is 2. The van der Waals surface area contributed by atoms with Crippen molar-refractivity contribution in [3.63, 3.8) is 0 Å². The Morgan fingerprint density at radius 1 is 0.212 bits per heavy atom. The van der Waals surface area contributed by atoms with Crippen LogP contribution in [0.1, 0.15) is 44.5 Å². The Bertz CT molecular complexity index is 1930. The Labute approximate surface area is 324 Å². The van der Waals surface area contributed by atoms with E-state index >= 15 is 0 Å².